The molecule has 1 aromatic heterocycles. The Hall–Kier alpha value is -0.400. The van der Waals surface area contributed by atoms with E-state index in [1.165, 1.54) is 12.8 Å². The van der Waals surface area contributed by atoms with Crippen LogP contribution in [-0.4, -0.2) is 23.5 Å². The molecule has 2 aromatic rings. The number of carbonyl (C=O) groups is 1. The van der Waals surface area contributed by atoms with Gasteiger partial charge in [0.25, 0.3) is 0 Å². The van der Waals surface area contributed by atoms with E-state index in [1.54, 1.807) is 11.3 Å². The summed E-state index contributed by atoms with van der Waals surface area (Å²) in [6, 6.07) is 6.23. The number of aromatic nitrogens is 1. The third-order valence-electron chi connectivity index (χ3n) is 3.75. The Morgan fingerprint density at radius 3 is 2.83 bits per heavy atom. The number of hydrogen-bond donors (Lipinski definition) is 2. The van der Waals surface area contributed by atoms with Crippen molar-refractivity contribution < 1.29 is 4.79 Å². The molecule has 3 N–H and O–H groups in total. The van der Waals surface area contributed by atoms with Crippen LogP contribution in [0.3, 0.4) is 0 Å². The van der Waals surface area contributed by atoms with Crippen molar-refractivity contribution in [3.63, 3.8) is 0 Å². The third kappa shape index (κ3) is 5.57. The number of carbonyl (C=O) groups excluding carboxylic acids is 1. The predicted octanol–water partition coefficient (Wildman–Crippen LogP) is 3.69. The first-order valence-electron chi connectivity index (χ1n) is 7.20. The normalized spacial score (nSPS) is 14.7. The molecular formula is C15H20BrCl2N3OS. The highest BCUT2D eigenvalue weighted by Crippen LogP contribution is 2.32. The van der Waals surface area contributed by atoms with Crippen molar-refractivity contribution >= 4 is 68.2 Å². The Kier molecular flexibility index (Phi) is 8.24. The molecule has 3 rings (SSSR count). The van der Waals surface area contributed by atoms with Crippen molar-refractivity contribution in [3.8, 4) is 0 Å². The first kappa shape index (κ1) is 20.6. The first-order valence-corrected chi connectivity index (χ1v) is 8.81. The largest absolute Gasteiger partial charge is 0.352 e. The van der Waals surface area contributed by atoms with Crippen LogP contribution in [0, 0.1) is 5.92 Å². The molecule has 0 saturated heterocycles. The predicted molar refractivity (Wildman–Crippen MR) is 104 cm³/mol. The highest BCUT2D eigenvalue weighted by Gasteiger charge is 2.31. The van der Waals surface area contributed by atoms with E-state index < -0.39 is 0 Å². The van der Waals surface area contributed by atoms with Gasteiger partial charge in [-0.3, -0.25) is 4.79 Å². The number of amides is 1. The van der Waals surface area contributed by atoms with E-state index in [2.05, 4.69) is 32.3 Å². The SMILES string of the molecule is Cl.Cl.NCC(NC(=O)CCc1nc2cc(Br)ccc2s1)C1CC1. The van der Waals surface area contributed by atoms with Crippen LogP contribution in [0.25, 0.3) is 10.2 Å². The summed E-state index contributed by atoms with van der Waals surface area (Å²) in [6.45, 7) is 0.533. The molecule has 0 bridgehead atoms. The third-order valence-corrected chi connectivity index (χ3v) is 5.34. The second kappa shape index (κ2) is 9.18. The number of benzene rings is 1. The van der Waals surface area contributed by atoms with Gasteiger partial charge in [-0.15, -0.1) is 36.2 Å². The number of rotatable bonds is 6. The number of halogens is 3. The van der Waals surface area contributed by atoms with Gasteiger partial charge in [-0.05, 0) is 37.0 Å². The molecule has 23 heavy (non-hydrogen) atoms. The van der Waals surface area contributed by atoms with Crippen LogP contribution in [0.15, 0.2) is 22.7 Å². The van der Waals surface area contributed by atoms with Gasteiger partial charge < -0.3 is 11.1 Å². The van der Waals surface area contributed by atoms with Crippen LogP contribution in [0.5, 0.6) is 0 Å². The molecule has 1 fully saturated rings. The maximum Gasteiger partial charge on any atom is 0.220 e. The van der Waals surface area contributed by atoms with Gasteiger partial charge in [0, 0.05) is 29.9 Å². The van der Waals surface area contributed by atoms with Crippen molar-refractivity contribution in [2.75, 3.05) is 6.54 Å². The zero-order valence-electron chi connectivity index (χ0n) is 12.5. The summed E-state index contributed by atoms with van der Waals surface area (Å²) in [5.41, 5.74) is 6.69. The molecule has 0 aliphatic heterocycles. The summed E-state index contributed by atoms with van der Waals surface area (Å²) >= 11 is 5.10. The number of nitrogens with two attached hydrogens (primary N) is 1. The molecule has 1 heterocycles. The van der Waals surface area contributed by atoms with E-state index in [9.17, 15) is 4.79 Å². The number of aryl methyl sites for hydroxylation is 1. The van der Waals surface area contributed by atoms with Gasteiger partial charge in [0.2, 0.25) is 5.91 Å². The number of thiazole rings is 1. The van der Waals surface area contributed by atoms with Crippen LogP contribution < -0.4 is 11.1 Å². The van der Waals surface area contributed by atoms with E-state index >= 15 is 0 Å². The molecule has 0 radical (unpaired) electrons. The average molecular weight is 441 g/mol. The highest BCUT2D eigenvalue weighted by molar-refractivity contribution is 9.10. The van der Waals surface area contributed by atoms with Crippen molar-refractivity contribution in [2.24, 2.45) is 11.7 Å². The summed E-state index contributed by atoms with van der Waals surface area (Å²) in [5.74, 6) is 0.677. The number of nitrogens with one attached hydrogen (secondary N) is 1. The van der Waals surface area contributed by atoms with E-state index in [0.29, 0.717) is 25.3 Å². The van der Waals surface area contributed by atoms with Crippen LogP contribution in [0.2, 0.25) is 0 Å². The molecule has 128 valence electrons. The van der Waals surface area contributed by atoms with E-state index in [4.69, 9.17) is 5.73 Å². The van der Waals surface area contributed by atoms with Gasteiger partial charge in [0.05, 0.1) is 15.2 Å². The summed E-state index contributed by atoms with van der Waals surface area (Å²) in [5, 5.41) is 4.06. The topological polar surface area (TPSA) is 68.0 Å². The first-order chi connectivity index (χ1) is 10.2. The van der Waals surface area contributed by atoms with Crippen LogP contribution in [-0.2, 0) is 11.2 Å². The zero-order valence-corrected chi connectivity index (χ0v) is 16.5. The molecule has 4 nitrogen and oxygen atoms in total. The highest BCUT2D eigenvalue weighted by atomic mass is 79.9. The van der Waals surface area contributed by atoms with Crippen LogP contribution in [0.4, 0.5) is 0 Å². The summed E-state index contributed by atoms with van der Waals surface area (Å²) in [7, 11) is 0. The van der Waals surface area contributed by atoms with Gasteiger partial charge in [-0.25, -0.2) is 4.98 Å². The Labute approximate surface area is 160 Å². The molecule has 1 aliphatic rings. The van der Waals surface area contributed by atoms with Gasteiger partial charge >= 0.3 is 0 Å². The molecule has 1 saturated carbocycles. The fraction of sp³-hybridized carbons (Fsp3) is 0.467. The second-order valence-corrected chi connectivity index (χ2v) is 7.50. The molecule has 1 aromatic carbocycles. The minimum Gasteiger partial charge on any atom is -0.352 e. The van der Waals surface area contributed by atoms with Gasteiger partial charge in [-0.1, -0.05) is 15.9 Å². The van der Waals surface area contributed by atoms with Crippen LogP contribution in [0.1, 0.15) is 24.3 Å². The second-order valence-electron chi connectivity index (χ2n) is 5.47. The quantitative estimate of drug-likeness (QED) is 0.719. The summed E-state index contributed by atoms with van der Waals surface area (Å²) in [4.78, 5) is 16.6. The number of nitrogens with zero attached hydrogens (tertiary/aromatic N) is 1. The minimum atomic E-state index is 0. The molecule has 0 spiro atoms. The smallest absolute Gasteiger partial charge is 0.220 e. The lowest BCUT2D eigenvalue weighted by molar-refractivity contribution is -0.121. The summed E-state index contributed by atoms with van der Waals surface area (Å²) in [6.07, 6.45) is 3.54. The Morgan fingerprint density at radius 1 is 1.43 bits per heavy atom. The minimum absolute atomic E-state index is 0. The van der Waals surface area contributed by atoms with Gasteiger partial charge in [0.1, 0.15) is 0 Å². The number of hydrogen-bond acceptors (Lipinski definition) is 4. The van der Waals surface area contributed by atoms with Crippen molar-refractivity contribution in [1.29, 1.82) is 0 Å². The molecule has 1 atom stereocenters. The fourth-order valence-corrected chi connectivity index (χ4v) is 3.72. The van der Waals surface area contributed by atoms with E-state index in [1.807, 2.05) is 12.1 Å². The maximum absolute atomic E-state index is 12.0. The van der Waals surface area contributed by atoms with E-state index in [0.717, 1.165) is 19.7 Å². The molecular weight excluding hydrogens is 421 g/mol. The lowest BCUT2D eigenvalue weighted by Crippen LogP contribution is -2.41. The molecule has 1 unspecified atom stereocenters. The fourth-order valence-electron chi connectivity index (χ4n) is 2.42. The molecule has 1 amide bonds. The standard InChI is InChI=1S/C15H18BrN3OS.2ClH/c16-10-3-4-13-11(7-10)19-15(21-13)6-5-14(20)18-12(8-17)9-1-2-9;;/h3-4,7,9,12H,1-2,5-6,8,17H2,(H,18,20);2*1H. The summed E-state index contributed by atoms with van der Waals surface area (Å²) < 4.78 is 2.19. The van der Waals surface area contributed by atoms with Crippen molar-refractivity contribution in [1.82, 2.24) is 10.3 Å². The van der Waals surface area contributed by atoms with Crippen molar-refractivity contribution in [2.45, 2.75) is 31.7 Å². The Morgan fingerprint density at radius 2 is 2.17 bits per heavy atom. The maximum atomic E-state index is 12.0. The van der Waals surface area contributed by atoms with Crippen LogP contribution >= 0.6 is 52.1 Å². The average Bonchev–Trinajstić information content (AvgIpc) is 3.22. The van der Waals surface area contributed by atoms with E-state index in [-0.39, 0.29) is 36.8 Å². The Balaban J connectivity index is 0.00000132. The van der Waals surface area contributed by atoms with Gasteiger partial charge in [0.15, 0.2) is 0 Å². The zero-order chi connectivity index (χ0) is 14.8. The Bertz CT molecular complexity index is 663. The van der Waals surface area contributed by atoms with Crippen molar-refractivity contribution in [3.05, 3.63) is 27.7 Å². The molecule has 8 heteroatoms. The monoisotopic (exact) mass is 439 g/mol. The lowest BCUT2D eigenvalue weighted by atomic mass is 10.2. The lowest BCUT2D eigenvalue weighted by Gasteiger charge is -2.15. The molecule has 1 aliphatic carbocycles. The van der Waals surface area contributed by atoms with Gasteiger partial charge in [-0.2, -0.15) is 0 Å². The number of fused-ring (bicyclic) bond motifs is 1.